The molecule has 1 fully saturated rings. The lowest BCUT2D eigenvalue weighted by Gasteiger charge is -2.32. The van der Waals surface area contributed by atoms with Crippen LogP contribution in [0.2, 0.25) is 0 Å². The molecule has 0 aliphatic heterocycles. The predicted molar refractivity (Wildman–Crippen MR) is 186 cm³/mol. The zero-order valence-electron chi connectivity index (χ0n) is 23.4. The summed E-state index contributed by atoms with van der Waals surface area (Å²) in [5.74, 6) is -0.482. The molecular weight excluding hydrogens is 645 g/mol. The van der Waals surface area contributed by atoms with E-state index in [9.17, 15) is 4.39 Å². The number of benzene rings is 3. The Balaban J connectivity index is 1.94. The van der Waals surface area contributed by atoms with Gasteiger partial charge in [0, 0.05) is 17.0 Å². The second-order valence-corrected chi connectivity index (χ2v) is 13.2. The number of allylic oxidation sites excluding steroid dienone is 3. The van der Waals surface area contributed by atoms with E-state index in [1.165, 1.54) is 28.0 Å². The molecule has 0 saturated heterocycles. The van der Waals surface area contributed by atoms with Crippen molar-refractivity contribution in [3.05, 3.63) is 112 Å². The van der Waals surface area contributed by atoms with Crippen molar-refractivity contribution in [3.8, 4) is 0 Å². The third-order valence-electron chi connectivity index (χ3n) is 7.52. The van der Waals surface area contributed by atoms with Crippen LogP contribution in [0.4, 0.5) is 10.1 Å². The highest BCUT2D eigenvalue weighted by Crippen LogP contribution is 2.46. The Morgan fingerprint density at radius 3 is 2.40 bits per heavy atom. The molecule has 0 spiro atoms. The van der Waals surface area contributed by atoms with E-state index in [4.69, 9.17) is 5.41 Å². The molecule has 1 unspecified atom stereocenters. The number of nitrogens with one attached hydrogen (secondary N) is 2. The summed E-state index contributed by atoms with van der Waals surface area (Å²) in [4.78, 5) is 1.25. The fraction of sp³-hybridized carbons (Fsp3) is 0.265. The van der Waals surface area contributed by atoms with Crippen molar-refractivity contribution in [1.82, 2.24) is 0 Å². The van der Waals surface area contributed by atoms with Crippen LogP contribution in [0.15, 0.2) is 83.8 Å². The fourth-order valence-electron chi connectivity index (χ4n) is 5.22. The third kappa shape index (κ3) is 7.35. The molecule has 208 valence electrons. The van der Waals surface area contributed by atoms with Gasteiger partial charge in [-0.05, 0) is 124 Å². The van der Waals surface area contributed by atoms with Crippen LogP contribution >= 0.6 is 40.2 Å². The molecule has 1 aliphatic carbocycles. The summed E-state index contributed by atoms with van der Waals surface area (Å²) in [5.41, 5.74) is 10.2. The van der Waals surface area contributed by atoms with Gasteiger partial charge < -0.3 is 5.09 Å². The van der Waals surface area contributed by atoms with Gasteiger partial charge in [0.25, 0.3) is 0 Å². The van der Waals surface area contributed by atoms with E-state index in [0.29, 0.717) is 23.5 Å². The van der Waals surface area contributed by atoms with Crippen molar-refractivity contribution in [3.63, 3.8) is 0 Å². The Bertz CT molecular complexity index is 1440. The first-order valence-corrected chi connectivity index (χ1v) is 19.1. The zero-order chi connectivity index (χ0) is 28.6. The molecule has 2 N–H and O–H groups in total. The van der Waals surface area contributed by atoms with Crippen molar-refractivity contribution in [2.24, 2.45) is 5.92 Å². The van der Waals surface area contributed by atoms with E-state index in [-0.39, 0.29) is 0 Å². The second kappa shape index (κ2) is 14.6. The van der Waals surface area contributed by atoms with Gasteiger partial charge in [-0.2, -0.15) is 4.39 Å². The van der Waals surface area contributed by atoms with Crippen LogP contribution in [-0.4, -0.2) is 12.2 Å². The summed E-state index contributed by atoms with van der Waals surface area (Å²) >= 11 is 3.99. The lowest BCUT2D eigenvalue weighted by atomic mass is 9.72. The first kappa shape index (κ1) is 30.7. The van der Waals surface area contributed by atoms with Crippen LogP contribution < -0.4 is 5.09 Å². The molecule has 0 aromatic heterocycles. The van der Waals surface area contributed by atoms with Crippen LogP contribution in [0.25, 0.3) is 17.2 Å². The number of halogens is 2. The molecule has 1 atom stereocenters. The lowest BCUT2D eigenvalue weighted by Crippen LogP contribution is -2.16. The van der Waals surface area contributed by atoms with Crippen molar-refractivity contribution < 1.29 is 4.39 Å². The molecule has 4 rings (SSSR count). The van der Waals surface area contributed by atoms with E-state index >= 15 is 0 Å². The molecule has 40 heavy (non-hydrogen) atoms. The zero-order valence-corrected chi connectivity index (χ0v) is 27.4. The Kier molecular flexibility index (Phi) is 11.2. The number of hydrogen-bond acceptors (Lipinski definition) is 3. The molecule has 0 radical (unpaired) electrons. The summed E-state index contributed by atoms with van der Waals surface area (Å²) in [5, 5.41) is 11.1. The minimum absolute atomic E-state index is 0.301. The fourth-order valence-corrected chi connectivity index (χ4v) is 6.91. The molecule has 3 aromatic carbocycles. The highest BCUT2D eigenvalue weighted by molar-refractivity contribution is 14.2. The quantitative estimate of drug-likeness (QED) is 0.0498. The Labute approximate surface area is 257 Å². The van der Waals surface area contributed by atoms with Crippen molar-refractivity contribution in [1.29, 1.82) is 5.41 Å². The largest absolute Gasteiger partial charge is 0.358 e. The van der Waals surface area contributed by atoms with Crippen LogP contribution in [-0.2, 0) is 0 Å². The van der Waals surface area contributed by atoms with Gasteiger partial charge in [0.05, 0.1) is 5.56 Å². The number of anilines is 1. The standard InChI is InChI=1S/C34H37FIN2PS/c1-5-7-22(2)10-11-24-12-14-26(15-13-24)32(27-16-19-31(38-39-36)30(21-27)34(35)37)33(25-8-6-9-25)29-18-17-28(40-4)20-23(29)3/h10-21,25,37-39H,2,5-9H2,1,3-4H3/b11-10+,33-32+,37-34?. The van der Waals surface area contributed by atoms with E-state index < -0.39 is 5.97 Å². The molecule has 3 aromatic rings. The van der Waals surface area contributed by atoms with Crippen molar-refractivity contribution in [2.45, 2.75) is 50.8 Å². The number of aryl methyl sites for hydroxylation is 1. The average molecular weight is 683 g/mol. The number of hydrogen-bond donors (Lipinski definition) is 2. The first-order chi connectivity index (χ1) is 19.4. The molecule has 0 bridgehead atoms. The van der Waals surface area contributed by atoms with Crippen LogP contribution in [0.1, 0.15) is 72.4 Å². The van der Waals surface area contributed by atoms with Gasteiger partial charge in [0.2, 0.25) is 5.97 Å². The highest BCUT2D eigenvalue weighted by Gasteiger charge is 2.28. The summed E-state index contributed by atoms with van der Waals surface area (Å²) in [7, 11) is 0. The minimum atomic E-state index is -0.920. The number of thioether (sulfide) groups is 1. The van der Waals surface area contributed by atoms with Gasteiger partial charge >= 0.3 is 0 Å². The van der Waals surface area contributed by atoms with Gasteiger partial charge in [0.1, 0.15) is 0 Å². The maximum Gasteiger partial charge on any atom is 0.214 e. The molecule has 0 heterocycles. The minimum Gasteiger partial charge on any atom is -0.358 e. The molecule has 1 aliphatic rings. The summed E-state index contributed by atoms with van der Waals surface area (Å²) in [6.07, 6.45) is 12.3. The van der Waals surface area contributed by atoms with Crippen LogP contribution in [0, 0.1) is 18.3 Å². The Morgan fingerprint density at radius 2 is 1.82 bits per heavy atom. The van der Waals surface area contributed by atoms with E-state index in [1.54, 1.807) is 11.8 Å². The Hall–Kier alpha value is -2.21. The smallest absolute Gasteiger partial charge is 0.214 e. The predicted octanol–water partition coefficient (Wildman–Crippen LogP) is 11.5. The molecular formula is C34H37FIN2PS. The second-order valence-electron chi connectivity index (χ2n) is 10.3. The van der Waals surface area contributed by atoms with Gasteiger partial charge in [0.15, 0.2) is 0 Å². The summed E-state index contributed by atoms with van der Waals surface area (Å²) < 4.78 is 14.5. The van der Waals surface area contributed by atoms with Gasteiger partial charge in [-0.25, -0.2) is 0 Å². The monoisotopic (exact) mass is 682 g/mol. The molecule has 2 nitrogen and oxygen atoms in total. The SMILES string of the molecule is C=C(/C=C/c1ccc(/C(=C(\c2ccc(SC)cc2C)C2CCC2)c2ccc(NPI)c(C(=N)F)c2)cc1)CCC. The lowest BCUT2D eigenvalue weighted by molar-refractivity contribution is 0.401. The van der Waals surface area contributed by atoms with E-state index in [0.717, 1.165) is 53.5 Å². The van der Waals surface area contributed by atoms with Crippen molar-refractivity contribution in [2.75, 3.05) is 11.3 Å². The van der Waals surface area contributed by atoms with Gasteiger partial charge in [-0.15, -0.1) is 11.8 Å². The molecule has 6 heteroatoms. The maximum absolute atomic E-state index is 14.5. The first-order valence-electron chi connectivity index (χ1n) is 13.7. The Morgan fingerprint density at radius 1 is 1.10 bits per heavy atom. The van der Waals surface area contributed by atoms with Crippen LogP contribution in [0.5, 0.6) is 0 Å². The van der Waals surface area contributed by atoms with E-state index in [1.807, 2.05) is 12.1 Å². The summed E-state index contributed by atoms with van der Waals surface area (Å²) in [6, 6.07) is 21.2. The number of rotatable bonds is 12. The molecule has 0 amide bonds. The normalized spacial score (nSPS) is 14.4. The van der Waals surface area contributed by atoms with Crippen molar-refractivity contribution >= 4 is 69.1 Å². The third-order valence-corrected chi connectivity index (χ3v) is 9.41. The summed E-state index contributed by atoms with van der Waals surface area (Å²) in [6.45, 7) is 8.51. The van der Waals surface area contributed by atoms with Gasteiger partial charge in [-0.3, -0.25) is 5.41 Å². The highest BCUT2D eigenvalue weighted by atomic mass is 127. The maximum atomic E-state index is 14.5. The topological polar surface area (TPSA) is 35.9 Å². The van der Waals surface area contributed by atoms with E-state index in [2.05, 4.69) is 114 Å². The van der Waals surface area contributed by atoms with Crippen LogP contribution in [0.3, 0.4) is 0 Å². The average Bonchev–Trinajstić information content (AvgIpc) is 2.92. The molecule has 1 saturated carbocycles. The van der Waals surface area contributed by atoms with Gasteiger partial charge in [-0.1, -0.05) is 80.5 Å².